The Hall–Kier alpha value is -3.07. The smallest absolute Gasteiger partial charge is 0.449 e. The molecule has 3 heteroatoms. The summed E-state index contributed by atoms with van der Waals surface area (Å²) >= 11 is 0. The van der Waals surface area contributed by atoms with Gasteiger partial charge in [0.1, 0.15) is 5.75 Å². The van der Waals surface area contributed by atoms with Crippen LogP contribution >= 0.6 is 0 Å². The molecule has 0 amide bonds. The van der Waals surface area contributed by atoms with Crippen molar-refractivity contribution in [2.24, 2.45) is 0 Å². The van der Waals surface area contributed by atoms with Crippen molar-refractivity contribution in [1.82, 2.24) is 0 Å². The van der Waals surface area contributed by atoms with Gasteiger partial charge in [-0.2, -0.15) is 0 Å². The third-order valence-electron chi connectivity index (χ3n) is 3.39. The Bertz CT molecular complexity index is 777. The van der Waals surface area contributed by atoms with E-state index < -0.39 is 6.16 Å². The summed E-state index contributed by atoms with van der Waals surface area (Å²) in [5.74, 6) is 0.336. The Morgan fingerprint density at radius 1 is 0.682 bits per heavy atom. The van der Waals surface area contributed by atoms with Gasteiger partial charge in [-0.1, -0.05) is 72.8 Å². The van der Waals surface area contributed by atoms with Gasteiger partial charge >= 0.3 is 6.16 Å². The van der Waals surface area contributed by atoms with Gasteiger partial charge in [0.15, 0.2) is 0 Å². The van der Waals surface area contributed by atoms with Crippen LogP contribution in [0.3, 0.4) is 0 Å². The third-order valence-corrected chi connectivity index (χ3v) is 3.39. The molecule has 0 saturated carbocycles. The molecule has 0 aliphatic carbocycles. The van der Waals surface area contributed by atoms with Crippen molar-refractivity contribution in [3.63, 3.8) is 0 Å². The summed E-state index contributed by atoms with van der Waals surface area (Å²) in [6.07, 6.45) is -1.31. The molecule has 3 nitrogen and oxygen atoms in total. The van der Waals surface area contributed by atoms with Gasteiger partial charge in [-0.3, -0.25) is 0 Å². The van der Waals surface area contributed by atoms with Gasteiger partial charge in [0.2, 0.25) is 0 Å². The fourth-order valence-corrected chi connectivity index (χ4v) is 2.36. The first-order chi connectivity index (χ1) is 10.7. The summed E-state index contributed by atoms with van der Waals surface area (Å²) in [6.45, 7) is 0. The van der Waals surface area contributed by atoms with Crippen LogP contribution in [0.4, 0.5) is 4.79 Å². The predicted octanol–water partition coefficient (Wildman–Crippen LogP) is 5.08. The third kappa shape index (κ3) is 2.99. The highest BCUT2D eigenvalue weighted by Gasteiger charge is 2.09. The summed E-state index contributed by atoms with van der Waals surface area (Å²) in [6, 6.07) is 25.1. The Balaban J connectivity index is 1.95. The summed E-state index contributed by atoms with van der Waals surface area (Å²) in [5.41, 5.74) is 3.92. The molecule has 108 valence electrons. The van der Waals surface area contributed by atoms with Gasteiger partial charge in [0, 0.05) is 5.56 Å². The van der Waals surface area contributed by atoms with Crippen molar-refractivity contribution >= 4 is 6.16 Å². The minimum absolute atomic E-state index is 0.336. The molecule has 0 heterocycles. The molecule has 0 radical (unpaired) electrons. The highest BCUT2D eigenvalue weighted by molar-refractivity contribution is 5.76. The van der Waals surface area contributed by atoms with Crippen LogP contribution in [-0.4, -0.2) is 11.3 Å². The van der Waals surface area contributed by atoms with Crippen LogP contribution in [0, 0.1) is 0 Å². The Morgan fingerprint density at radius 2 is 1.23 bits per heavy atom. The minimum Gasteiger partial charge on any atom is -0.449 e. The highest BCUT2D eigenvalue weighted by atomic mass is 16.7. The molecular formula is C19H14O3. The van der Waals surface area contributed by atoms with Gasteiger partial charge < -0.3 is 9.84 Å². The molecule has 0 bridgehead atoms. The summed E-state index contributed by atoms with van der Waals surface area (Å²) < 4.78 is 4.83. The molecule has 3 rings (SSSR count). The lowest BCUT2D eigenvalue weighted by Gasteiger charge is -2.09. The van der Waals surface area contributed by atoms with Gasteiger partial charge in [0.05, 0.1) is 0 Å². The van der Waals surface area contributed by atoms with Gasteiger partial charge in [-0.25, -0.2) is 4.79 Å². The van der Waals surface area contributed by atoms with E-state index >= 15 is 0 Å². The van der Waals surface area contributed by atoms with Crippen LogP contribution in [-0.2, 0) is 0 Å². The molecule has 0 unspecified atom stereocenters. The van der Waals surface area contributed by atoms with Crippen LogP contribution in [0.2, 0.25) is 0 Å². The first kappa shape index (κ1) is 13.9. The quantitative estimate of drug-likeness (QED) is 0.540. The van der Waals surface area contributed by atoms with Gasteiger partial charge in [-0.05, 0) is 22.8 Å². The predicted molar refractivity (Wildman–Crippen MR) is 86.0 cm³/mol. The number of hydrogen-bond acceptors (Lipinski definition) is 2. The van der Waals surface area contributed by atoms with Gasteiger partial charge in [0.25, 0.3) is 0 Å². The Kier molecular flexibility index (Phi) is 3.88. The maximum Gasteiger partial charge on any atom is 0.511 e. The van der Waals surface area contributed by atoms with Crippen molar-refractivity contribution in [2.45, 2.75) is 0 Å². The lowest BCUT2D eigenvalue weighted by molar-refractivity contribution is 0.144. The zero-order valence-electron chi connectivity index (χ0n) is 11.8. The highest BCUT2D eigenvalue weighted by Crippen LogP contribution is 2.31. The monoisotopic (exact) mass is 290 g/mol. The Labute approximate surface area is 128 Å². The molecular weight excluding hydrogens is 276 g/mol. The van der Waals surface area contributed by atoms with Gasteiger partial charge in [-0.15, -0.1) is 0 Å². The standard InChI is InChI=1S/C19H14O3/c20-19(21)22-18-9-5-4-8-17(18)16-12-10-15(11-13-16)14-6-2-1-3-7-14/h1-13H,(H,20,21). The largest absolute Gasteiger partial charge is 0.511 e. The molecule has 22 heavy (non-hydrogen) atoms. The molecule has 0 atom stereocenters. The lowest BCUT2D eigenvalue weighted by atomic mass is 10.00. The van der Waals surface area contributed by atoms with E-state index in [1.807, 2.05) is 54.6 Å². The number of carboxylic acid groups (broad SMARTS) is 1. The number of carbonyl (C=O) groups is 1. The van der Waals surface area contributed by atoms with Crippen LogP contribution in [0.25, 0.3) is 22.3 Å². The average molecular weight is 290 g/mol. The van der Waals surface area contributed by atoms with E-state index in [1.54, 1.807) is 12.1 Å². The fourth-order valence-electron chi connectivity index (χ4n) is 2.36. The number of ether oxygens (including phenoxy) is 1. The molecule has 3 aromatic carbocycles. The topological polar surface area (TPSA) is 46.5 Å². The van der Waals surface area contributed by atoms with Crippen LogP contribution < -0.4 is 4.74 Å². The Morgan fingerprint density at radius 3 is 1.91 bits per heavy atom. The molecule has 3 aromatic rings. The van der Waals surface area contributed by atoms with Crippen LogP contribution in [0.15, 0.2) is 78.9 Å². The SMILES string of the molecule is O=C(O)Oc1ccccc1-c1ccc(-c2ccccc2)cc1. The maximum absolute atomic E-state index is 10.8. The normalized spacial score (nSPS) is 10.2. The first-order valence-electron chi connectivity index (χ1n) is 6.90. The fraction of sp³-hybridized carbons (Fsp3) is 0. The zero-order chi connectivity index (χ0) is 15.4. The molecule has 0 aliphatic rings. The summed E-state index contributed by atoms with van der Waals surface area (Å²) in [4.78, 5) is 10.8. The molecule has 0 fully saturated rings. The van der Waals surface area contributed by atoms with Crippen molar-refractivity contribution in [2.75, 3.05) is 0 Å². The van der Waals surface area contributed by atoms with E-state index in [2.05, 4.69) is 12.1 Å². The first-order valence-corrected chi connectivity index (χ1v) is 6.90. The van der Waals surface area contributed by atoms with Crippen molar-refractivity contribution in [1.29, 1.82) is 0 Å². The molecule has 0 aromatic heterocycles. The molecule has 0 aliphatic heterocycles. The summed E-state index contributed by atoms with van der Waals surface area (Å²) in [7, 11) is 0. The number of para-hydroxylation sites is 1. The van der Waals surface area contributed by atoms with Crippen molar-refractivity contribution < 1.29 is 14.6 Å². The second kappa shape index (κ2) is 6.14. The van der Waals surface area contributed by atoms with Crippen LogP contribution in [0.5, 0.6) is 5.75 Å². The second-order valence-electron chi connectivity index (χ2n) is 4.81. The van der Waals surface area contributed by atoms with E-state index in [0.717, 1.165) is 22.3 Å². The average Bonchev–Trinajstić information content (AvgIpc) is 2.56. The van der Waals surface area contributed by atoms with E-state index in [9.17, 15) is 4.79 Å². The van der Waals surface area contributed by atoms with Crippen LogP contribution in [0.1, 0.15) is 0 Å². The number of benzene rings is 3. The number of hydrogen-bond donors (Lipinski definition) is 1. The zero-order valence-corrected chi connectivity index (χ0v) is 11.8. The number of rotatable bonds is 3. The molecule has 0 saturated heterocycles. The summed E-state index contributed by atoms with van der Waals surface area (Å²) in [5, 5.41) is 8.81. The van der Waals surface area contributed by atoms with E-state index in [1.165, 1.54) is 0 Å². The maximum atomic E-state index is 10.8. The molecule has 1 N–H and O–H groups in total. The lowest BCUT2D eigenvalue weighted by Crippen LogP contribution is -2.03. The van der Waals surface area contributed by atoms with E-state index in [4.69, 9.17) is 9.84 Å². The van der Waals surface area contributed by atoms with E-state index in [-0.39, 0.29) is 0 Å². The van der Waals surface area contributed by atoms with E-state index in [0.29, 0.717) is 5.75 Å². The van der Waals surface area contributed by atoms with Crippen molar-refractivity contribution in [3.05, 3.63) is 78.9 Å². The second-order valence-corrected chi connectivity index (χ2v) is 4.81. The minimum atomic E-state index is -1.31. The molecule has 0 spiro atoms. The van der Waals surface area contributed by atoms with Crippen molar-refractivity contribution in [3.8, 4) is 28.0 Å².